The van der Waals surface area contributed by atoms with Crippen LogP contribution in [0.25, 0.3) is 0 Å². The van der Waals surface area contributed by atoms with Crippen LogP contribution in [0.4, 0.5) is 0 Å². The Morgan fingerprint density at radius 3 is 1.32 bits per heavy atom. The Morgan fingerprint density at radius 2 is 0.864 bits per heavy atom. The smallest absolute Gasteiger partial charge is 0.306 e. The summed E-state index contributed by atoms with van der Waals surface area (Å²) >= 11 is 0. The van der Waals surface area contributed by atoms with Gasteiger partial charge in [0.05, 0.1) is 25.2 Å². The Morgan fingerprint density at radius 1 is 0.492 bits per heavy atom. The third-order valence-corrected chi connectivity index (χ3v) is 11.7. The molecule has 6 heteroatoms. The van der Waals surface area contributed by atoms with Gasteiger partial charge in [0.25, 0.3) is 0 Å². The lowest BCUT2D eigenvalue weighted by Crippen LogP contribution is -2.46. The second-order valence-corrected chi connectivity index (χ2v) is 17.6. The lowest BCUT2D eigenvalue weighted by Gasteiger charge is -2.24. The molecule has 0 heterocycles. The van der Waals surface area contributed by atoms with Crippen molar-refractivity contribution in [3.63, 3.8) is 0 Å². The van der Waals surface area contributed by atoms with Gasteiger partial charge in [-0.1, -0.05) is 224 Å². The molecule has 0 bridgehead atoms. The summed E-state index contributed by atoms with van der Waals surface area (Å²) in [7, 11) is 0. The van der Waals surface area contributed by atoms with E-state index in [1.54, 1.807) is 0 Å². The summed E-state index contributed by atoms with van der Waals surface area (Å²) in [6.07, 6.45) is 54.9. The molecule has 0 aliphatic carbocycles. The molecule has 59 heavy (non-hydrogen) atoms. The summed E-state index contributed by atoms with van der Waals surface area (Å²) in [6, 6.07) is -0.710. The lowest BCUT2D eigenvalue weighted by atomic mass is 10.0. The summed E-state index contributed by atoms with van der Waals surface area (Å²) in [5.41, 5.74) is 0. The van der Waals surface area contributed by atoms with E-state index < -0.39 is 18.2 Å². The largest absolute Gasteiger partial charge is 0.462 e. The quantitative estimate of drug-likeness (QED) is 0.0323. The Hall–Kier alpha value is -1.92. The van der Waals surface area contributed by atoms with Crippen LogP contribution < -0.4 is 5.32 Å². The SMILES string of the molecule is CCCCC/C=C\C/C=C\C/C=C\CCCCC(CC(=O)NC(CO)C(O)CCCCCCCCCCCCCCCC)OC(=O)CCCCCCCCCCCCC. The van der Waals surface area contributed by atoms with E-state index in [1.165, 1.54) is 148 Å². The van der Waals surface area contributed by atoms with Gasteiger partial charge in [-0.3, -0.25) is 9.59 Å². The predicted molar refractivity (Wildman–Crippen MR) is 255 cm³/mol. The highest BCUT2D eigenvalue weighted by atomic mass is 16.5. The number of unbranched alkanes of at least 4 members (excludes halogenated alkanes) is 28. The van der Waals surface area contributed by atoms with Crippen molar-refractivity contribution in [2.24, 2.45) is 0 Å². The minimum atomic E-state index is -0.794. The number of esters is 1. The molecule has 6 nitrogen and oxygen atoms in total. The van der Waals surface area contributed by atoms with Crippen molar-refractivity contribution >= 4 is 11.9 Å². The van der Waals surface area contributed by atoms with Crippen molar-refractivity contribution in [1.82, 2.24) is 5.32 Å². The summed E-state index contributed by atoms with van der Waals surface area (Å²) in [6.45, 7) is 6.45. The van der Waals surface area contributed by atoms with Gasteiger partial charge in [0.2, 0.25) is 5.91 Å². The molecule has 0 saturated heterocycles. The molecule has 0 aromatic carbocycles. The number of rotatable bonds is 46. The molecule has 0 spiro atoms. The predicted octanol–water partition coefficient (Wildman–Crippen LogP) is 15.3. The zero-order valence-corrected chi connectivity index (χ0v) is 39.4. The first-order chi connectivity index (χ1) is 29.0. The number of nitrogens with one attached hydrogen (secondary N) is 1. The number of carbonyl (C=O) groups is 2. The van der Waals surface area contributed by atoms with Crippen LogP contribution in [-0.2, 0) is 14.3 Å². The van der Waals surface area contributed by atoms with Gasteiger partial charge in [-0.25, -0.2) is 0 Å². The summed E-state index contributed by atoms with van der Waals surface area (Å²) in [5.74, 6) is -0.503. The van der Waals surface area contributed by atoms with Crippen LogP contribution in [0.15, 0.2) is 36.5 Å². The van der Waals surface area contributed by atoms with Gasteiger partial charge in [-0.15, -0.1) is 0 Å². The topological polar surface area (TPSA) is 95.9 Å². The van der Waals surface area contributed by atoms with Crippen LogP contribution in [0, 0.1) is 0 Å². The average Bonchev–Trinajstić information content (AvgIpc) is 3.23. The summed E-state index contributed by atoms with van der Waals surface area (Å²) < 4.78 is 5.91. The molecule has 0 rings (SSSR count). The van der Waals surface area contributed by atoms with E-state index in [4.69, 9.17) is 4.74 Å². The van der Waals surface area contributed by atoms with E-state index >= 15 is 0 Å². The number of ether oxygens (including phenoxy) is 1. The summed E-state index contributed by atoms with van der Waals surface area (Å²) in [5, 5.41) is 23.8. The van der Waals surface area contributed by atoms with E-state index in [0.717, 1.165) is 70.6 Å². The van der Waals surface area contributed by atoms with Gasteiger partial charge in [0, 0.05) is 6.42 Å². The first-order valence-corrected chi connectivity index (χ1v) is 25.7. The molecule has 0 aromatic heterocycles. The number of hydrogen-bond acceptors (Lipinski definition) is 5. The average molecular weight is 830 g/mol. The van der Waals surface area contributed by atoms with Crippen LogP contribution in [-0.4, -0.2) is 46.9 Å². The molecule has 346 valence electrons. The molecule has 3 atom stereocenters. The van der Waals surface area contributed by atoms with Crippen molar-refractivity contribution in [3.8, 4) is 0 Å². The maximum absolute atomic E-state index is 13.2. The molecule has 1 amide bonds. The van der Waals surface area contributed by atoms with E-state index in [9.17, 15) is 19.8 Å². The third kappa shape index (κ3) is 42.6. The fraction of sp³-hybridized carbons (Fsp3) is 0.849. The Balaban J connectivity index is 4.61. The molecule has 0 aromatic rings. The maximum Gasteiger partial charge on any atom is 0.306 e. The fourth-order valence-electron chi connectivity index (χ4n) is 7.79. The zero-order valence-electron chi connectivity index (χ0n) is 39.4. The van der Waals surface area contributed by atoms with Gasteiger partial charge in [-0.05, 0) is 64.2 Å². The number of hydrogen-bond donors (Lipinski definition) is 3. The van der Waals surface area contributed by atoms with Crippen molar-refractivity contribution < 1.29 is 24.5 Å². The fourth-order valence-corrected chi connectivity index (χ4v) is 7.79. The normalized spacial score (nSPS) is 13.5. The molecule has 0 saturated carbocycles. The number of amides is 1. The third-order valence-electron chi connectivity index (χ3n) is 11.7. The highest BCUT2D eigenvalue weighted by molar-refractivity contribution is 5.77. The Labute approximate surface area is 366 Å². The van der Waals surface area contributed by atoms with Gasteiger partial charge >= 0.3 is 5.97 Å². The number of aliphatic hydroxyl groups is 2. The Kier molecular flexibility index (Phi) is 45.6. The second-order valence-electron chi connectivity index (χ2n) is 17.6. The lowest BCUT2D eigenvalue weighted by molar-refractivity contribution is -0.151. The summed E-state index contributed by atoms with van der Waals surface area (Å²) in [4.78, 5) is 26.1. The molecule has 0 aliphatic rings. The van der Waals surface area contributed by atoms with E-state index in [0.29, 0.717) is 19.3 Å². The van der Waals surface area contributed by atoms with E-state index in [-0.39, 0.29) is 24.9 Å². The molecule has 0 radical (unpaired) electrons. The molecule has 0 aliphatic heterocycles. The van der Waals surface area contributed by atoms with E-state index in [1.807, 2.05) is 0 Å². The van der Waals surface area contributed by atoms with Crippen molar-refractivity contribution in [2.45, 2.75) is 283 Å². The molecular weight excluding hydrogens is 731 g/mol. The van der Waals surface area contributed by atoms with Crippen LogP contribution in [0.2, 0.25) is 0 Å². The zero-order chi connectivity index (χ0) is 43.1. The van der Waals surface area contributed by atoms with Gasteiger partial charge in [0.15, 0.2) is 0 Å². The van der Waals surface area contributed by atoms with Crippen molar-refractivity contribution in [2.75, 3.05) is 6.61 Å². The van der Waals surface area contributed by atoms with E-state index in [2.05, 4.69) is 62.5 Å². The van der Waals surface area contributed by atoms with Crippen LogP contribution >= 0.6 is 0 Å². The maximum atomic E-state index is 13.2. The first kappa shape index (κ1) is 57.1. The molecular formula is C53H99NO5. The highest BCUT2D eigenvalue weighted by Crippen LogP contribution is 2.17. The van der Waals surface area contributed by atoms with Gasteiger partial charge in [0.1, 0.15) is 6.10 Å². The highest BCUT2D eigenvalue weighted by Gasteiger charge is 2.24. The molecule has 3 unspecified atom stereocenters. The standard InChI is InChI=1S/C53H99NO5/c1-4-7-10-13-16-19-22-24-26-27-30-32-35-38-41-44-49(59-53(58)46-43-40-37-34-29-21-18-15-12-9-6-3)47-52(57)54-50(48-55)51(56)45-42-39-36-33-31-28-25-23-20-17-14-11-8-5-2/h16,19,24,26,30,32,49-51,55-56H,4-15,17-18,20-23,25,27-29,31,33-48H2,1-3H3,(H,54,57)/b19-16-,26-24-,32-30-. The van der Waals surface area contributed by atoms with Crippen LogP contribution in [0.1, 0.15) is 265 Å². The number of carbonyl (C=O) groups excluding carboxylic acids is 2. The Bertz CT molecular complexity index is 977. The van der Waals surface area contributed by atoms with Gasteiger partial charge in [-0.2, -0.15) is 0 Å². The first-order valence-electron chi connectivity index (χ1n) is 25.7. The van der Waals surface area contributed by atoms with Crippen molar-refractivity contribution in [3.05, 3.63) is 36.5 Å². The molecule has 0 fully saturated rings. The number of aliphatic hydroxyl groups excluding tert-OH is 2. The van der Waals surface area contributed by atoms with Gasteiger partial charge < -0.3 is 20.3 Å². The number of allylic oxidation sites excluding steroid dienone is 6. The minimum absolute atomic E-state index is 0.0553. The van der Waals surface area contributed by atoms with Crippen molar-refractivity contribution in [1.29, 1.82) is 0 Å². The molecule has 3 N–H and O–H groups in total. The monoisotopic (exact) mass is 830 g/mol. The van der Waals surface area contributed by atoms with Crippen LogP contribution in [0.5, 0.6) is 0 Å². The minimum Gasteiger partial charge on any atom is -0.462 e. The second kappa shape index (κ2) is 47.1. The van der Waals surface area contributed by atoms with Crippen LogP contribution in [0.3, 0.4) is 0 Å².